The molecule has 4 heterocycles. The van der Waals surface area contributed by atoms with E-state index in [0.717, 1.165) is 71.6 Å². The normalized spacial score (nSPS) is 49.6. The van der Waals surface area contributed by atoms with E-state index in [-0.39, 0.29) is 81.7 Å². The molecular weight excluding hydrogens is 1280 g/mol. The Labute approximate surface area is 586 Å². The van der Waals surface area contributed by atoms with Gasteiger partial charge in [0.2, 0.25) is 0 Å². The number of fused-ring (bicyclic) bond motifs is 8. The summed E-state index contributed by atoms with van der Waals surface area (Å²) in [5.41, 5.74) is -0.721. The minimum atomic E-state index is -4.59. The molecule has 28 atom stereocenters. The number of aliphatic hydroxyl groups is 4. The summed E-state index contributed by atoms with van der Waals surface area (Å²) in [5.74, 6) is 3.77. The molecular formula is C77H131F3N2O15S. The van der Waals surface area contributed by atoms with Gasteiger partial charge in [-0.2, -0.15) is 21.6 Å². The van der Waals surface area contributed by atoms with E-state index in [0.29, 0.717) is 88.5 Å². The molecule has 2 unspecified atom stereocenters. The number of nitrogens with zero attached hydrogens (tertiary/aromatic N) is 1. The summed E-state index contributed by atoms with van der Waals surface area (Å²) in [5, 5.41) is 50.6. The monoisotopic (exact) mass is 1410 g/mol. The molecule has 17 nitrogen and oxygen atoms in total. The summed E-state index contributed by atoms with van der Waals surface area (Å²) in [4.78, 5) is 2.45. The van der Waals surface area contributed by atoms with Gasteiger partial charge < -0.3 is 63.6 Å². The van der Waals surface area contributed by atoms with Crippen molar-refractivity contribution in [2.75, 3.05) is 72.0 Å². The maximum absolute atomic E-state index is 12.6. The first-order valence-corrected chi connectivity index (χ1v) is 40.5. The van der Waals surface area contributed by atoms with E-state index < -0.39 is 58.5 Å². The van der Waals surface area contributed by atoms with Crippen LogP contribution in [0.3, 0.4) is 0 Å². The average Bonchev–Trinajstić information content (AvgIpc) is 1.46. The third kappa shape index (κ3) is 12.1. The van der Waals surface area contributed by atoms with Gasteiger partial charge in [-0.1, -0.05) is 76.2 Å². The first-order chi connectivity index (χ1) is 45.5. The zero-order chi connectivity index (χ0) is 71.6. The Kier molecular flexibility index (Phi) is 20.6. The second-order valence-electron chi connectivity index (χ2n) is 37.7. The van der Waals surface area contributed by atoms with Crippen LogP contribution in [0.4, 0.5) is 13.2 Å². The Hall–Kier alpha value is -0.860. The molecule has 14 fully saturated rings. The molecule has 0 radical (unpaired) electrons. The molecule has 0 aromatic carbocycles. The average molecular weight is 1410 g/mol. The highest BCUT2D eigenvalue weighted by Crippen LogP contribution is 2.91. The molecule has 14 rings (SSSR count). The van der Waals surface area contributed by atoms with Crippen LogP contribution in [-0.2, 0) is 52.2 Å². The summed E-state index contributed by atoms with van der Waals surface area (Å²) < 4.78 is 109. The van der Waals surface area contributed by atoms with Crippen LogP contribution >= 0.6 is 0 Å². The highest BCUT2D eigenvalue weighted by atomic mass is 32.2. The fourth-order valence-corrected chi connectivity index (χ4v) is 27.9. The van der Waals surface area contributed by atoms with E-state index >= 15 is 0 Å². The lowest BCUT2D eigenvalue weighted by Crippen LogP contribution is -2.60. The summed E-state index contributed by atoms with van der Waals surface area (Å²) in [7, 11) is -3.98. The van der Waals surface area contributed by atoms with Crippen LogP contribution in [0, 0.1) is 101 Å². The molecule has 566 valence electrons. The Bertz CT molecular complexity index is 2940. The van der Waals surface area contributed by atoms with E-state index in [1.165, 1.54) is 77.0 Å². The van der Waals surface area contributed by atoms with Crippen LogP contribution in [0.2, 0.25) is 0 Å². The van der Waals surface area contributed by atoms with Gasteiger partial charge in [0.05, 0.1) is 79.5 Å². The van der Waals surface area contributed by atoms with Gasteiger partial charge in [0.1, 0.15) is 12.2 Å². The lowest BCUT2D eigenvalue weighted by Gasteiger charge is -2.64. The summed E-state index contributed by atoms with van der Waals surface area (Å²) >= 11 is 0. The molecule has 10 aliphatic carbocycles. The third-order valence-electron chi connectivity index (χ3n) is 31.8. The molecule has 4 spiro atoms. The predicted octanol–water partition coefficient (Wildman–Crippen LogP) is 11.9. The van der Waals surface area contributed by atoms with Crippen molar-refractivity contribution >= 4 is 10.1 Å². The first kappa shape index (κ1) is 76.8. The Balaban J connectivity index is 0.000000164. The number of aliphatic hydroxyl groups excluding tert-OH is 2. The largest absolute Gasteiger partial charge is 0.413 e. The van der Waals surface area contributed by atoms with E-state index in [9.17, 15) is 42.0 Å². The Morgan fingerprint density at radius 1 is 0.602 bits per heavy atom. The van der Waals surface area contributed by atoms with Crippen LogP contribution in [-0.4, -0.2) is 197 Å². The first-order valence-electron chi connectivity index (χ1n) is 38.7. The second kappa shape index (κ2) is 26.2. The van der Waals surface area contributed by atoms with E-state index in [2.05, 4.69) is 90.6 Å². The maximum Gasteiger partial charge on any atom is 0.413 e. The third-order valence-corrected chi connectivity index (χ3v) is 32.4. The fraction of sp³-hybridized carbons (Fsp3) is 1.00. The van der Waals surface area contributed by atoms with E-state index in [4.69, 9.17) is 37.9 Å². The quantitative estimate of drug-likeness (QED) is 0.0965. The van der Waals surface area contributed by atoms with Crippen molar-refractivity contribution in [3.63, 3.8) is 0 Å². The smallest absolute Gasteiger partial charge is 0.390 e. The van der Waals surface area contributed by atoms with Gasteiger partial charge in [0.25, 0.3) is 10.1 Å². The number of morpholine rings is 2. The predicted molar refractivity (Wildman–Crippen MR) is 367 cm³/mol. The highest BCUT2D eigenvalue weighted by molar-refractivity contribution is 7.86. The van der Waals surface area contributed by atoms with Crippen LogP contribution in [0.25, 0.3) is 0 Å². The van der Waals surface area contributed by atoms with E-state index in [1.807, 2.05) is 41.5 Å². The SMILES string of the molecule is CCOC([C@H]1C[C@@H](C)[C@H]2[C@H](O1)[C@H](O)[C@@]1(C)[C@@H]3CC[C@H]4C(C)(C)[C@@H](O[C@H]5CN(CC)CCO5)CC[C@@]45C[C@@]35CC[C@]21C)C(C)(C)O.CCOC([C@H]1C[C@@H](C)[C@H]2[C@H](O1)[C@H](O)[C@@]1(C)[C@@H]3CC[C@H]4C(C)(C)[C@@H](O[C@H]5CNCCO5)CC[C@@]45C[C@@]35CC[C@]21C)C(C)(C)O.CS(=O)(=O)OCC(F)(F)F. The molecule has 14 aliphatic rings. The zero-order valence-corrected chi connectivity index (χ0v) is 64.0. The number of likely N-dealkylation sites (N-methyl/N-ethyl adjacent to an activating group) is 1. The summed E-state index contributed by atoms with van der Waals surface area (Å²) in [6.07, 6.45) is 12.4. The minimum absolute atomic E-state index is 0.0309. The molecule has 4 saturated heterocycles. The van der Waals surface area contributed by atoms with Crippen molar-refractivity contribution in [1.29, 1.82) is 0 Å². The molecule has 21 heteroatoms. The topological polar surface area (TPSA) is 213 Å². The van der Waals surface area contributed by atoms with Crippen molar-refractivity contribution < 1.29 is 84.1 Å². The Morgan fingerprint density at radius 3 is 1.40 bits per heavy atom. The van der Waals surface area contributed by atoms with Crippen LogP contribution < -0.4 is 5.32 Å². The maximum atomic E-state index is 12.6. The molecule has 5 N–H and O–H groups in total. The van der Waals surface area contributed by atoms with Crippen molar-refractivity contribution in [1.82, 2.24) is 10.2 Å². The number of ether oxygens (including phenoxy) is 8. The number of hydrogen-bond donors (Lipinski definition) is 5. The summed E-state index contributed by atoms with van der Waals surface area (Å²) in [6, 6.07) is 0. The molecule has 0 aromatic rings. The van der Waals surface area contributed by atoms with Crippen molar-refractivity contribution in [2.45, 2.75) is 311 Å². The molecule has 0 aromatic heterocycles. The minimum Gasteiger partial charge on any atom is -0.390 e. The van der Waals surface area contributed by atoms with Gasteiger partial charge >= 0.3 is 6.18 Å². The van der Waals surface area contributed by atoms with Gasteiger partial charge in [-0.25, -0.2) is 0 Å². The lowest BCUT2D eigenvalue weighted by molar-refractivity contribution is -0.248. The number of rotatable bonds is 15. The van der Waals surface area contributed by atoms with Crippen molar-refractivity contribution in [3.8, 4) is 0 Å². The van der Waals surface area contributed by atoms with Gasteiger partial charge in [-0.05, 0) is 241 Å². The number of nitrogens with one attached hydrogen (secondary N) is 1. The van der Waals surface area contributed by atoms with Crippen molar-refractivity contribution in [2.24, 2.45) is 101 Å². The molecule has 10 saturated carbocycles. The van der Waals surface area contributed by atoms with Crippen LogP contribution in [0.15, 0.2) is 0 Å². The van der Waals surface area contributed by atoms with Gasteiger partial charge in [0.15, 0.2) is 19.2 Å². The number of halogens is 3. The number of alkyl halides is 3. The summed E-state index contributed by atoms with van der Waals surface area (Å²) in [6.45, 7) is 43.6. The zero-order valence-electron chi connectivity index (χ0n) is 63.2. The van der Waals surface area contributed by atoms with Gasteiger partial charge in [-0.3, -0.25) is 9.08 Å². The lowest BCUT2D eigenvalue weighted by atomic mass is 9.41. The van der Waals surface area contributed by atoms with E-state index in [1.54, 1.807) is 0 Å². The van der Waals surface area contributed by atoms with Crippen molar-refractivity contribution in [3.05, 3.63) is 0 Å². The molecule has 0 bridgehead atoms. The number of hydrogen-bond acceptors (Lipinski definition) is 17. The van der Waals surface area contributed by atoms with Crippen LogP contribution in [0.1, 0.15) is 220 Å². The standard InChI is InChI=1S/C38H65NO6.C36H61NO6.C3H5F3O3S/c1-10-39-18-19-43-28(21-39)45-27-14-15-37-22-38(37)17-16-35(8)29-23(3)20-24(32(42-11-2)34(6,7)41)44-30(29)31(40)36(35,9)26(38)13-12-25(37)33(27,4)5;1-9-40-30(32(5,6)39)22-18-21(2)27-28(42-22)29(38)34(8)24-11-10-23-31(3,4)25(43-26-19-37-16-17-41-26)12-13-35(23)20-36(24,35)15-14-33(27,34)7;1-10(7,8)9-2-3(4,5)6/h23-32,40-41H,10-22H2,1-9H3;21-30,37-39H,9-20H2,1-8H3;2H2,1H3/t23-,24-,25+,26+,27+,28+,29+,30+,31+,32?,35-,36-,37-,38+;21-,22-,23+,24+,25+,26+,27+,28+,29+,30?,33-,34-,35-,36+;/m11./s1. The fourth-order valence-electron chi connectivity index (χ4n) is 27.6. The van der Waals surface area contributed by atoms with Crippen LogP contribution in [0.5, 0.6) is 0 Å². The highest BCUT2D eigenvalue weighted by Gasteiger charge is 2.87. The van der Waals surface area contributed by atoms with Gasteiger partial charge in [0, 0.05) is 50.2 Å². The molecule has 0 amide bonds. The molecule has 98 heavy (non-hydrogen) atoms. The molecule has 4 aliphatic heterocycles. The van der Waals surface area contributed by atoms with Gasteiger partial charge in [-0.15, -0.1) is 0 Å². The second-order valence-corrected chi connectivity index (χ2v) is 39.3. The Morgan fingerprint density at radius 2 is 1.02 bits per heavy atom.